The van der Waals surface area contributed by atoms with E-state index in [0.29, 0.717) is 6.04 Å². The van der Waals surface area contributed by atoms with Crippen molar-refractivity contribution in [1.29, 1.82) is 0 Å². The van der Waals surface area contributed by atoms with Gasteiger partial charge in [0, 0.05) is 44.0 Å². The summed E-state index contributed by atoms with van der Waals surface area (Å²) >= 11 is 0. The second-order valence-corrected chi connectivity index (χ2v) is 7.52. The van der Waals surface area contributed by atoms with Crippen molar-refractivity contribution in [2.45, 2.75) is 44.8 Å². The van der Waals surface area contributed by atoms with E-state index < -0.39 is 0 Å². The van der Waals surface area contributed by atoms with Gasteiger partial charge in [0.15, 0.2) is 0 Å². The van der Waals surface area contributed by atoms with E-state index in [1.165, 1.54) is 32.1 Å². The first-order valence-electron chi connectivity index (χ1n) is 10.1. The van der Waals surface area contributed by atoms with E-state index in [-0.39, 0.29) is 6.61 Å². The van der Waals surface area contributed by atoms with Crippen LogP contribution >= 0.6 is 0 Å². The number of aliphatic hydroxyl groups is 1. The van der Waals surface area contributed by atoms with Gasteiger partial charge in [0.25, 0.3) is 0 Å². The summed E-state index contributed by atoms with van der Waals surface area (Å²) < 4.78 is 0. The molecule has 0 aromatic carbocycles. The number of aliphatic hydroxyl groups excluding tert-OH is 1. The van der Waals surface area contributed by atoms with Gasteiger partial charge in [-0.05, 0) is 42.7 Å². The largest absolute Gasteiger partial charge is 0.392 e. The van der Waals surface area contributed by atoms with Crippen LogP contribution < -0.4 is 15.5 Å². The molecule has 1 aliphatic carbocycles. The van der Waals surface area contributed by atoms with Crippen LogP contribution in [0, 0.1) is 0 Å². The van der Waals surface area contributed by atoms with Crippen molar-refractivity contribution in [3.05, 3.63) is 36.0 Å². The molecule has 0 spiro atoms. The van der Waals surface area contributed by atoms with E-state index in [0.717, 1.165) is 54.6 Å². The zero-order valence-electron chi connectivity index (χ0n) is 15.8. The van der Waals surface area contributed by atoms with Crippen LogP contribution in [0.4, 0.5) is 11.6 Å². The Hall–Kier alpha value is -2.18. The summed E-state index contributed by atoms with van der Waals surface area (Å²) in [6.07, 6.45) is 8.22. The maximum absolute atomic E-state index is 9.72. The minimum atomic E-state index is 0.0207. The number of hydrogen-bond acceptors (Lipinski definition) is 6. The molecule has 1 aliphatic heterocycles. The van der Waals surface area contributed by atoms with Gasteiger partial charge in [0.05, 0.1) is 12.3 Å². The lowest BCUT2D eigenvalue weighted by Crippen LogP contribution is -2.43. The molecule has 0 amide bonds. The fourth-order valence-corrected chi connectivity index (χ4v) is 3.99. The molecule has 0 unspecified atom stereocenters. The van der Waals surface area contributed by atoms with Gasteiger partial charge in [-0.2, -0.15) is 0 Å². The highest BCUT2D eigenvalue weighted by Gasteiger charge is 2.16. The Morgan fingerprint density at radius 3 is 2.70 bits per heavy atom. The van der Waals surface area contributed by atoms with E-state index in [1.54, 1.807) is 0 Å². The summed E-state index contributed by atoms with van der Waals surface area (Å²) in [5.41, 5.74) is 2.83. The van der Waals surface area contributed by atoms with Gasteiger partial charge in [-0.1, -0.05) is 19.3 Å². The molecule has 2 aromatic heterocycles. The van der Waals surface area contributed by atoms with Gasteiger partial charge in [0.1, 0.15) is 11.6 Å². The van der Waals surface area contributed by atoms with Gasteiger partial charge in [-0.25, -0.2) is 9.97 Å². The molecule has 0 bridgehead atoms. The summed E-state index contributed by atoms with van der Waals surface area (Å²) in [7, 11) is 0. The molecule has 1 saturated heterocycles. The Morgan fingerprint density at radius 1 is 1.11 bits per heavy atom. The predicted molar refractivity (Wildman–Crippen MR) is 109 cm³/mol. The molecule has 2 fully saturated rings. The van der Waals surface area contributed by atoms with E-state index in [2.05, 4.69) is 26.6 Å². The topological polar surface area (TPSA) is 73.3 Å². The van der Waals surface area contributed by atoms with Crippen molar-refractivity contribution in [2.75, 3.05) is 36.4 Å². The molecular weight excluding hydrogens is 338 g/mol. The molecule has 3 heterocycles. The Balaban J connectivity index is 1.59. The van der Waals surface area contributed by atoms with Crippen molar-refractivity contribution >= 4 is 11.6 Å². The lowest BCUT2D eigenvalue weighted by molar-refractivity contribution is 0.282. The first-order valence-corrected chi connectivity index (χ1v) is 10.1. The molecule has 27 heavy (non-hydrogen) atoms. The molecule has 6 heteroatoms. The first-order chi connectivity index (χ1) is 13.3. The van der Waals surface area contributed by atoms with Gasteiger partial charge >= 0.3 is 0 Å². The molecule has 1 saturated carbocycles. The summed E-state index contributed by atoms with van der Waals surface area (Å²) in [5.74, 6) is 1.86. The average Bonchev–Trinajstić information content (AvgIpc) is 2.75. The Morgan fingerprint density at radius 2 is 1.93 bits per heavy atom. The predicted octanol–water partition coefficient (Wildman–Crippen LogP) is 2.79. The number of aromatic nitrogens is 2. The van der Waals surface area contributed by atoms with Gasteiger partial charge in [-0.15, -0.1) is 0 Å². The number of nitrogens with one attached hydrogen (secondary N) is 2. The van der Waals surface area contributed by atoms with Crippen LogP contribution in [0.15, 0.2) is 30.5 Å². The molecular formula is C21H29N5O. The van der Waals surface area contributed by atoms with Crippen molar-refractivity contribution < 1.29 is 5.11 Å². The maximum atomic E-state index is 9.72. The minimum absolute atomic E-state index is 0.0207. The summed E-state index contributed by atoms with van der Waals surface area (Å²) in [4.78, 5) is 11.7. The van der Waals surface area contributed by atoms with Crippen LogP contribution in [0.5, 0.6) is 0 Å². The van der Waals surface area contributed by atoms with Crippen molar-refractivity contribution in [3.63, 3.8) is 0 Å². The van der Waals surface area contributed by atoms with Crippen molar-refractivity contribution in [3.8, 4) is 11.3 Å². The fraction of sp³-hybridized carbons (Fsp3) is 0.524. The van der Waals surface area contributed by atoms with E-state index in [9.17, 15) is 5.11 Å². The van der Waals surface area contributed by atoms with Crippen LogP contribution in [0.2, 0.25) is 0 Å². The summed E-state index contributed by atoms with van der Waals surface area (Å²) in [6.45, 7) is 3.82. The minimum Gasteiger partial charge on any atom is -0.392 e. The molecule has 144 valence electrons. The van der Waals surface area contributed by atoms with E-state index in [4.69, 9.17) is 4.98 Å². The zero-order chi connectivity index (χ0) is 18.5. The number of nitrogens with zero attached hydrogens (tertiary/aromatic N) is 3. The van der Waals surface area contributed by atoms with Gasteiger partial charge in [-0.3, -0.25) is 0 Å². The molecule has 6 nitrogen and oxygen atoms in total. The quantitative estimate of drug-likeness (QED) is 0.755. The Bertz CT molecular complexity index is 754. The van der Waals surface area contributed by atoms with Crippen LogP contribution in [0.3, 0.4) is 0 Å². The lowest BCUT2D eigenvalue weighted by Gasteiger charge is -2.29. The van der Waals surface area contributed by atoms with Gasteiger partial charge in [0.2, 0.25) is 0 Å². The lowest BCUT2D eigenvalue weighted by atomic mass is 9.95. The highest BCUT2D eigenvalue weighted by Crippen LogP contribution is 2.26. The van der Waals surface area contributed by atoms with Crippen LogP contribution in [0.1, 0.15) is 37.7 Å². The average molecular weight is 367 g/mol. The summed E-state index contributed by atoms with van der Waals surface area (Å²) in [6, 6.07) is 8.58. The third-order valence-corrected chi connectivity index (χ3v) is 5.51. The number of rotatable bonds is 5. The Kier molecular flexibility index (Phi) is 5.84. The third kappa shape index (κ3) is 4.57. The highest BCUT2D eigenvalue weighted by molar-refractivity contribution is 5.66. The van der Waals surface area contributed by atoms with E-state index >= 15 is 0 Å². The smallest absolute Gasteiger partial charge is 0.129 e. The molecule has 0 atom stereocenters. The van der Waals surface area contributed by atoms with Crippen molar-refractivity contribution in [1.82, 2.24) is 15.3 Å². The molecule has 2 aromatic rings. The third-order valence-electron chi connectivity index (χ3n) is 5.51. The number of piperazine rings is 1. The molecule has 0 radical (unpaired) electrons. The maximum Gasteiger partial charge on any atom is 0.129 e. The fourth-order valence-electron chi connectivity index (χ4n) is 3.99. The van der Waals surface area contributed by atoms with Crippen LogP contribution in [-0.4, -0.2) is 47.3 Å². The highest BCUT2D eigenvalue weighted by atomic mass is 16.3. The SMILES string of the molecule is OCc1cc(-c2ccnc(NC3CCCCC3)c2)nc(N2CCNCC2)c1. The zero-order valence-corrected chi connectivity index (χ0v) is 15.8. The standard InChI is InChI=1S/C21H29N5O/c27-15-16-12-19(25-21(13-16)26-10-8-22-9-11-26)17-6-7-23-20(14-17)24-18-4-2-1-3-5-18/h6-7,12-14,18,22,27H,1-5,8-11,15H2,(H,23,24). The molecule has 4 rings (SSSR count). The van der Waals surface area contributed by atoms with Crippen LogP contribution in [-0.2, 0) is 6.61 Å². The molecule has 3 N–H and O–H groups in total. The van der Waals surface area contributed by atoms with Crippen LogP contribution in [0.25, 0.3) is 11.3 Å². The number of anilines is 2. The molecule has 2 aliphatic rings. The number of hydrogen-bond donors (Lipinski definition) is 3. The summed E-state index contributed by atoms with van der Waals surface area (Å²) in [5, 5.41) is 16.7. The van der Waals surface area contributed by atoms with Crippen molar-refractivity contribution in [2.24, 2.45) is 0 Å². The first kappa shape index (κ1) is 18.2. The normalized spacial score (nSPS) is 18.5. The Labute approximate surface area is 161 Å². The van der Waals surface area contributed by atoms with Gasteiger partial charge < -0.3 is 20.6 Å². The van der Waals surface area contributed by atoms with E-state index in [1.807, 2.05) is 24.4 Å². The second-order valence-electron chi connectivity index (χ2n) is 7.52. The number of pyridine rings is 2. The second kappa shape index (κ2) is 8.67. The monoisotopic (exact) mass is 367 g/mol.